The van der Waals surface area contributed by atoms with Crippen molar-refractivity contribution in [2.75, 3.05) is 11.9 Å². The van der Waals surface area contributed by atoms with E-state index in [1.807, 2.05) is 55.5 Å². The summed E-state index contributed by atoms with van der Waals surface area (Å²) in [6, 6.07) is 16.9. The Balaban J connectivity index is 1.87. The van der Waals surface area contributed by atoms with E-state index in [0.29, 0.717) is 5.02 Å². The van der Waals surface area contributed by atoms with Gasteiger partial charge in [-0.05, 0) is 24.6 Å². The monoisotopic (exact) mass is 301 g/mol. The van der Waals surface area contributed by atoms with E-state index in [4.69, 9.17) is 11.6 Å². The molecular weight excluding hydrogens is 286 g/mol. The highest BCUT2D eigenvalue weighted by Gasteiger charge is 2.03. The predicted molar refractivity (Wildman–Crippen MR) is 86.7 cm³/mol. The average molecular weight is 302 g/mol. The van der Waals surface area contributed by atoms with E-state index in [9.17, 15) is 4.79 Å². The van der Waals surface area contributed by atoms with Crippen molar-refractivity contribution in [3.8, 4) is 0 Å². The minimum absolute atomic E-state index is 0.106. The number of nitrogens with zero attached hydrogens (tertiary/aromatic N) is 1. The fourth-order valence-corrected chi connectivity index (χ4v) is 1.91. The van der Waals surface area contributed by atoms with Gasteiger partial charge in [0.2, 0.25) is 0 Å². The number of amides is 1. The first-order valence-corrected chi connectivity index (χ1v) is 6.91. The molecule has 0 radical (unpaired) electrons. The standard InChI is InChI=1S/C16H16ClN3O/c1-12(13-7-3-2-4-8-13)19-20-16(21)11-18-15-10-6-5-9-14(15)17/h2-10,18H,11H2,1H3,(H,20,21). The van der Waals surface area contributed by atoms with Crippen molar-refractivity contribution in [2.45, 2.75) is 6.92 Å². The topological polar surface area (TPSA) is 53.5 Å². The van der Waals surface area contributed by atoms with Crippen LogP contribution in [0, 0.1) is 0 Å². The number of hydrazone groups is 1. The van der Waals surface area contributed by atoms with Gasteiger partial charge in [0.25, 0.3) is 5.91 Å². The van der Waals surface area contributed by atoms with Crippen molar-refractivity contribution in [1.82, 2.24) is 5.43 Å². The van der Waals surface area contributed by atoms with Crippen LogP contribution < -0.4 is 10.7 Å². The second-order valence-electron chi connectivity index (χ2n) is 4.43. The molecule has 0 aliphatic carbocycles. The van der Waals surface area contributed by atoms with Crippen LogP contribution in [0.4, 0.5) is 5.69 Å². The number of hydrogen-bond acceptors (Lipinski definition) is 3. The Hall–Kier alpha value is -2.33. The Morgan fingerprint density at radius 2 is 1.76 bits per heavy atom. The lowest BCUT2D eigenvalue weighted by molar-refractivity contribution is -0.119. The first-order chi connectivity index (χ1) is 10.2. The number of carbonyl (C=O) groups is 1. The molecule has 0 atom stereocenters. The predicted octanol–water partition coefficient (Wildman–Crippen LogP) is 3.29. The number of carbonyl (C=O) groups excluding carboxylic acids is 1. The highest BCUT2D eigenvalue weighted by atomic mass is 35.5. The van der Waals surface area contributed by atoms with Gasteiger partial charge in [-0.15, -0.1) is 0 Å². The molecule has 1 amide bonds. The Morgan fingerprint density at radius 3 is 2.48 bits per heavy atom. The molecule has 0 unspecified atom stereocenters. The van der Waals surface area contributed by atoms with Gasteiger partial charge >= 0.3 is 0 Å². The maximum atomic E-state index is 11.7. The van der Waals surface area contributed by atoms with Gasteiger partial charge in [0.1, 0.15) is 0 Å². The molecule has 0 aliphatic rings. The van der Waals surface area contributed by atoms with Crippen molar-refractivity contribution in [3.63, 3.8) is 0 Å². The van der Waals surface area contributed by atoms with Gasteiger partial charge < -0.3 is 5.32 Å². The molecule has 0 spiro atoms. The molecule has 0 heterocycles. The van der Waals surface area contributed by atoms with E-state index in [2.05, 4.69) is 15.8 Å². The van der Waals surface area contributed by atoms with Gasteiger partial charge in [-0.2, -0.15) is 5.10 Å². The second kappa shape index (κ2) is 7.45. The summed E-state index contributed by atoms with van der Waals surface area (Å²) in [6.07, 6.45) is 0. The smallest absolute Gasteiger partial charge is 0.259 e. The molecule has 21 heavy (non-hydrogen) atoms. The number of benzene rings is 2. The number of anilines is 1. The van der Waals surface area contributed by atoms with E-state index >= 15 is 0 Å². The minimum Gasteiger partial charge on any atom is -0.375 e. The van der Waals surface area contributed by atoms with Crippen LogP contribution in [0.15, 0.2) is 59.7 Å². The largest absolute Gasteiger partial charge is 0.375 e. The van der Waals surface area contributed by atoms with Crippen molar-refractivity contribution < 1.29 is 4.79 Å². The van der Waals surface area contributed by atoms with Gasteiger partial charge in [0.15, 0.2) is 0 Å². The van der Waals surface area contributed by atoms with E-state index in [1.54, 1.807) is 6.07 Å². The van der Waals surface area contributed by atoms with Crippen molar-refractivity contribution in [3.05, 3.63) is 65.2 Å². The third kappa shape index (κ3) is 4.61. The van der Waals surface area contributed by atoms with Crippen LogP contribution in [0.25, 0.3) is 0 Å². The quantitative estimate of drug-likeness (QED) is 0.658. The molecule has 0 aromatic heterocycles. The molecular formula is C16H16ClN3O. The van der Waals surface area contributed by atoms with Gasteiger partial charge in [0.05, 0.1) is 23.0 Å². The van der Waals surface area contributed by atoms with Gasteiger partial charge in [0, 0.05) is 0 Å². The van der Waals surface area contributed by atoms with Gasteiger partial charge in [-0.25, -0.2) is 5.43 Å². The summed E-state index contributed by atoms with van der Waals surface area (Å²) in [5, 5.41) is 7.61. The summed E-state index contributed by atoms with van der Waals surface area (Å²) in [4.78, 5) is 11.7. The van der Waals surface area contributed by atoms with E-state index < -0.39 is 0 Å². The van der Waals surface area contributed by atoms with E-state index in [1.165, 1.54) is 0 Å². The summed E-state index contributed by atoms with van der Waals surface area (Å²) in [7, 11) is 0. The van der Waals surface area contributed by atoms with Crippen LogP contribution in [0.1, 0.15) is 12.5 Å². The Labute approximate surface area is 128 Å². The maximum Gasteiger partial charge on any atom is 0.259 e. The van der Waals surface area contributed by atoms with E-state index in [0.717, 1.165) is 17.0 Å². The Bertz CT molecular complexity index is 641. The summed E-state index contributed by atoms with van der Waals surface area (Å²) in [5.74, 6) is -0.231. The molecule has 2 aromatic carbocycles. The van der Waals surface area contributed by atoms with Crippen LogP contribution in [0.2, 0.25) is 5.02 Å². The normalized spacial score (nSPS) is 11.0. The molecule has 4 nitrogen and oxygen atoms in total. The Morgan fingerprint density at radius 1 is 1.10 bits per heavy atom. The zero-order chi connectivity index (χ0) is 15.1. The molecule has 2 N–H and O–H groups in total. The second-order valence-corrected chi connectivity index (χ2v) is 4.84. The zero-order valence-electron chi connectivity index (χ0n) is 11.6. The first-order valence-electron chi connectivity index (χ1n) is 6.54. The number of halogens is 1. The number of hydrogen-bond donors (Lipinski definition) is 2. The van der Waals surface area contributed by atoms with Crippen LogP contribution in [-0.2, 0) is 4.79 Å². The highest BCUT2D eigenvalue weighted by Crippen LogP contribution is 2.19. The van der Waals surface area contributed by atoms with Crippen molar-refractivity contribution in [2.24, 2.45) is 5.10 Å². The van der Waals surface area contributed by atoms with Gasteiger partial charge in [-0.1, -0.05) is 54.1 Å². The van der Waals surface area contributed by atoms with Crippen molar-refractivity contribution >= 4 is 28.9 Å². The third-order valence-corrected chi connectivity index (χ3v) is 3.18. The summed E-state index contributed by atoms with van der Waals surface area (Å²) in [5.41, 5.74) is 4.96. The van der Waals surface area contributed by atoms with Crippen LogP contribution in [0.3, 0.4) is 0 Å². The molecule has 5 heteroatoms. The Kier molecular flexibility index (Phi) is 5.35. The summed E-state index contributed by atoms with van der Waals surface area (Å²) in [6.45, 7) is 1.95. The summed E-state index contributed by atoms with van der Waals surface area (Å²) >= 11 is 5.99. The molecule has 0 aliphatic heterocycles. The highest BCUT2D eigenvalue weighted by molar-refractivity contribution is 6.33. The van der Waals surface area contributed by atoms with Gasteiger partial charge in [-0.3, -0.25) is 4.79 Å². The number of rotatable bonds is 5. The van der Waals surface area contributed by atoms with Crippen LogP contribution >= 0.6 is 11.6 Å². The van der Waals surface area contributed by atoms with E-state index in [-0.39, 0.29) is 12.5 Å². The lowest BCUT2D eigenvalue weighted by Crippen LogP contribution is -2.26. The molecule has 2 aromatic rings. The maximum absolute atomic E-state index is 11.7. The lowest BCUT2D eigenvalue weighted by Gasteiger charge is -2.07. The molecule has 0 fully saturated rings. The summed E-state index contributed by atoms with van der Waals surface area (Å²) < 4.78 is 0. The number of para-hydroxylation sites is 1. The SMILES string of the molecule is CC(=NNC(=O)CNc1ccccc1Cl)c1ccccc1. The third-order valence-electron chi connectivity index (χ3n) is 2.85. The fraction of sp³-hybridized carbons (Fsp3) is 0.125. The lowest BCUT2D eigenvalue weighted by atomic mass is 10.1. The number of nitrogens with one attached hydrogen (secondary N) is 2. The molecule has 2 rings (SSSR count). The molecule has 0 saturated carbocycles. The zero-order valence-corrected chi connectivity index (χ0v) is 12.4. The molecule has 108 valence electrons. The van der Waals surface area contributed by atoms with Crippen molar-refractivity contribution in [1.29, 1.82) is 0 Å². The first kappa shape index (κ1) is 15.1. The average Bonchev–Trinajstić information content (AvgIpc) is 2.52. The van der Waals surface area contributed by atoms with Crippen LogP contribution in [-0.4, -0.2) is 18.2 Å². The molecule has 0 saturated heterocycles. The fourth-order valence-electron chi connectivity index (χ4n) is 1.71. The molecule has 0 bridgehead atoms. The van der Waals surface area contributed by atoms with Crippen LogP contribution in [0.5, 0.6) is 0 Å². The minimum atomic E-state index is -0.231.